The summed E-state index contributed by atoms with van der Waals surface area (Å²) in [6.07, 6.45) is 7.12. The Morgan fingerprint density at radius 3 is 2.79 bits per heavy atom. The third-order valence-corrected chi connectivity index (χ3v) is 4.93. The van der Waals surface area contributed by atoms with Gasteiger partial charge in [-0.25, -0.2) is 9.78 Å². The van der Waals surface area contributed by atoms with Gasteiger partial charge in [-0.3, -0.25) is 9.36 Å². The molecular formula is C21H17N5O2. The molecule has 3 N–H and O–H groups in total. The first kappa shape index (κ1) is 16.3. The van der Waals surface area contributed by atoms with Gasteiger partial charge >= 0.3 is 5.69 Å². The maximum absolute atomic E-state index is 12.0. The van der Waals surface area contributed by atoms with Crippen molar-refractivity contribution in [1.82, 2.24) is 24.8 Å². The maximum atomic E-state index is 12.0. The third-order valence-electron chi connectivity index (χ3n) is 4.93. The zero-order valence-electron chi connectivity index (χ0n) is 15.1. The number of imidazole rings is 2. The lowest BCUT2D eigenvalue weighted by Crippen LogP contribution is -2.17. The number of hydrogen-bond acceptors (Lipinski definition) is 3. The van der Waals surface area contributed by atoms with Crippen LogP contribution < -0.4 is 11.0 Å². The molecule has 4 aromatic rings. The van der Waals surface area contributed by atoms with Gasteiger partial charge in [0.15, 0.2) is 0 Å². The van der Waals surface area contributed by atoms with Gasteiger partial charge in [0.05, 0.1) is 22.1 Å². The van der Waals surface area contributed by atoms with E-state index in [1.165, 1.54) is 0 Å². The molecule has 0 atom stereocenters. The highest BCUT2D eigenvalue weighted by molar-refractivity contribution is 5.98. The van der Waals surface area contributed by atoms with Crippen molar-refractivity contribution >= 4 is 33.5 Å². The number of allylic oxidation sites excluding steroid dienone is 4. The second-order valence-electron chi connectivity index (χ2n) is 6.66. The van der Waals surface area contributed by atoms with Crippen molar-refractivity contribution < 1.29 is 4.79 Å². The van der Waals surface area contributed by atoms with Crippen molar-refractivity contribution in [2.75, 3.05) is 7.05 Å². The summed E-state index contributed by atoms with van der Waals surface area (Å²) in [5, 5.41) is 2.64. The van der Waals surface area contributed by atoms with Gasteiger partial charge in [-0.15, -0.1) is 0 Å². The van der Waals surface area contributed by atoms with Crippen molar-refractivity contribution in [3.8, 4) is 5.69 Å². The second-order valence-corrected chi connectivity index (χ2v) is 6.66. The minimum Gasteiger partial charge on any atom is -0.355 e. The van der Waals surface area contributed by atoms with E-state index in [1.807, 2.05) is 30.3 Å². The molecule has 0 spiro atoms. The lowest BCUT2D eigenvalue weighted by molar-refractivity contribution is 0.0963. The molecule has 138 valence electrons. The van der Waals surface area contributed by atoms with Gasteiger partial charge in [0.2, 0.25) is 0 Å². The molecule has 1 amide bonds. The Morgan fingerprint density at radius 1 is 1.14 bits per heavy atom. The standard InChI is InChI=1S/C21H17N5O2/c1-22-20(27)13-6-9-18-17(10-13)23-19(12-4-2-3-5-12)26(18)14-7-8-15-16(11-14)25-21(28)24-15/h2,4-11H,3H2,1H3,(H,22,27)(H2,24,25,28). The third kappa shape index (κ3) is 2.48. The molecular weight excluding hydrogens is 354 g/mol. The predicted octanol–water partition coefficient (Wildman–Crippen LogP) is 2.90. The number of carbonyl (C=O) groups excluding carboxylic acids is 1. The summed E-state index contributed by atoms with van der Waals surface area (Å²) in [5.41, 5.74) is 5.34. The normalized spacial score (nSPS) is 13.4. The minimum absolute atomic E-state index is 0.149. The molecule has 28 heavy (non-hydrogen) atoms. The fourth-order valence-corrected chi connectivity index (χ4v) is 3.60. The van der Waals surface area contributed by atoms with Gasteiger partial charge in [-0.2, -0.15) is 0 Å². The van der Waals surface area contributed by atoms with Crippen LogP contribution in [0.1, 0.15) is 22.6 Å². The molecule has 2 aromatic heterocycles. The molecule has 5 rings (SSSR count). The number of hydrogen-bond donors (Lipinski definition) is 3. The highest BCUT2D eigenvalue weighted by atomic mass is 16.1. The van der Waals surface area contributed by atoms with Gasteiger partial charge in [0.1, 0.15) is 5.82 Å². The van der Waals surface area contributed by atoms with E-state index in [2.05, 4.69) is 32.0 Å². The van der Waals surface area contributed by atoms with Crippen LogP contribution in [0.5, 0.6) is 0 Å². The summed E-state index contributed by atoms with van der Waals surface area (Å²) in [5.74, 6) is 0.652. The van der Waals surface area contributed by atoms with E-state index in [1.54, 1.807) is 19.2 Å². The molecule has 7 heteroatoms. The fraction of sp³-hybridized carbons (Fsp3) is 0.0952. The lowest BCUT2D eigenvalue weighted by Gasteiger charge is -2.10. The van der Waals surface area contributed by atoms with Crippen LogP contribution in [-0.2, 0) is 0 Å². The number of rotatable bonds is 3. The molecule has 0 saturated carbocycles. The molecule has 0 aliphatic heterocycles. The van der Waals surface area contributed by atoms with Crippen LogP contribution in [0.3, 0.4) is 0 Å². The molecule has 2 aromatic carbocycles. The summed E-state index contributed by atoms with van der Waals surface area (Å²) >= 11 is 0. The van der Waals surface area contributed by atoms with Gasteiger partial charge in [0.25, 0.3) is 5.91 Å². The summed E-state index contributed by atoms with van der Waals surface area (Å²) in [7, 11) is 1.61. The number of H-pyrrole nitrogens is 2. The van der Waals surface area contributed by atoms with Crippen LogP contribution in [-0.4, -0.2) is 32.5 Å². The Labute approximate surface area is 159 Å². The molecule has 0 radical (unpaired) electrons. The maximum Gasteiger partial charge on any atom is 0.323 e. The van der Waals surface area contributed by atoms with Crippen molar-refractivity contribution in [1.29, 1.82) is 0 Å². The van der Waals surface area contributed by atoms with E-state index in [0.717, 1.165) is 45.6 Å². The molecule has 0 fully saturated rings. The zero-order chi connectivity index (χ0) is 19.3. The SMILES string of the molecule is CNC(=O)c1ccc2c(c1)nc(C1=CCC=C1)n2-c1ccc2[nH]c(=O)[nH]c2c1. The Bertz CT molecular complexity index is 1370. The average molecular weight is 371 g/mol. The van der Waals surface area contributed by atoms with Crippen molar-refractivity contribution in [3.05, 3.63) is 76.5 Å². The Morgan fingerprint density at radius 2 is 2.00 bits per heavy atom. The summed E-state index contributed by atoms with van der Waals surface area (Å²) in [6, 6.07) is 11.2. The monoisotopic (exact) mass is 371 g/mol. The number of benzene rings is 2. The van der Waals surface area contributed by atoms with Crippen molar-refractivity contribution in [2.45, 2.75) is 6.42 Å². The first-order valence-corrected chi connectivity index (χ1v) is 8.98. The molecule has 0 bridgehead atoms. The number of carbonyl (C=O) groups is 1. The van der Waals surface area contributed by atoms with Crippen LogP contribution >= 0.6 is 0 Å². The van der Waals surface area contributed by atoms with E-state index in [4.69, 9.17) is 4.98 Å². The van der Waals surface area contributed by atoms with Crippen LogP contribution in [0.25, 0.3) is 33.3 Å². The summed E-state index contributed by atoms with van der Waals surface area (Å²) in [4.78, 5) is 34.0. The van der Waals surface area contributed by atoms with Crippen LogP contribution in [0.2, 0.25) is 0 Å². The van der Waals surface area contributed by atoms with Crippen molar-refractivity contribution in [2.24, 2.45) is 0 Å². The number of nitrogens with zero attached hydrogens (tertiary/aromatic N) is 2. The highest BCUT2D eigenvalue weighted by Crippen LogP contribution is 2.30. The van der Waals surface area contributed by atoms with E-state index in [9.17, 15) is 9.59 Å². The first-order chi connectivity index (χ1) is 13.6. The predicted molar refractivity (Wildman–Crippen MR) is 109 cm³/mol. The topological polar surface area (TPSA) is 95.6 Å². The van der Waals surface area contributed by atoms with E-state index in [-0.39, 0.29) is 11.6 Å². The smallest absolute Gasteiger partial charge is 0.323 e. The van der Waals surface area contributed by atoms with Gasteiger partial charge in [-0.1, -0.05) is 18.2 Å². The molecule has 0 unspecified atom stereocenters. The number of aromatic nitrogens is 4. The van der Waals surface area contributed by atoms with Gasteiger partial charge in [0, 0.05) is 23.9 Å². The quantitative estimate of drug-likeness (QED) is 0.517. The summed E-state index contributed by atoms with van der Waals surface area (Å²) in [6.45, 7) is 0. The number of aromatic amines is 2. The second kappa shape index (κ2) is 6.09. The molecule has 7 nitrogen and oxygen atoms in total. The molecule has 0 saturated heterocycles. The number of amides is 1. The van der Waals surface area contributed by atoms with Gasteiger partial charge in [-0.05, 0) is 42.8 Å². The van der Waals surface area contributed by atoms with E-state index < -0.39 is 0 Å². The molecule has 1 aliphatic rings. The Kier molecular flexibility index (Phi) is 3.55. The van der Waals surface area contributed by atoms with Crippen molar-refractivity contribution in [3.63, 3.8) is 0 Å². The Hall–Kier alpha value is -3.87. The fourth-order valence-electron chi connectivity index (χ4n) is 3.60. The lowest BCUT2D eigenvalue weighted by atomic mass is 10.2. The molecule has 2 heterocycles. The first-order valence-electron chi connectivity index (χ1n) is 8.98. The largest absolute Gasteiger partial charge is 0.355 e. The van der Waals surface area contributed by atoms with Crippen LogP contribution in [0.15, 0.2) is 59.4 Å². The minimum atomic E-state index is -0.237. The van der Waals surface area contributed by atoms with Gasteiger partial charge < -0.3 is 15.3 Å². The van der Waals surface area contributed by atoms with E-state index in [0.29, 0.717) is 5.56 Å². The van der Waals surface area contributed by atoms with Crippen LogP contribution in [0.4, 0.5) is 0 Å². The Balaban J connectivity index is 1.78. The highest BCUT2D eigenvalue weighted by Gasteiger charge is 2.18. The zero-order valence-corrected chi connectivity index (χ0v) is 15.1. The molecule has 1 aliphatic carbocycles. The van der Waals surface area contributed by atoms with Crippen LogP contribution in [0, 0.1) is 0 Å². The number of nitrogens with one attached hydrogen (secondary N) is 3. The average Bonchev–Trinajstić information content (AvgIpc) is 3.42. The number of fused-ring (bicyclic) bond motifs is 2. The van der Waals surface area contributed by atoms with E-state index >= 15 is 0 Å². The summed E-state index contributed by atoms with van der Waals surface area (Å²) < 4.78 is 2.05.